The number of carbonyl (C=O) groups is 1. The molecule has 0 spiro atoms. The molecule has 2 atom stereocenters. The molecule has 2 aromatic heterocycles. The first-order valence-corrected chi connectivity index (χ1v) is 11.2. The molecule has 0 saturated heterocycles. The molecule has 0 aliphatic heterocycles. The number of ether oxygens (including phenoxy) is 1. The highest BCUT2D eigenvalue weighted by molar-refractivity contribution is 6.31. The second-order valence-corrected chi connectivity index (χ2v) is 8.60. The lowest BCUT2D eigenvalue weighted by Gasteiger charge is -2.21. The number of pyridine rings is 1. The Hall–Kier alpha value is -3.56. The van der Waals surface area contributed by atoms with Gasteiger partial charge in [-0.05, 0) is 50.6 Å². The quantitative estimate of drug-likeness (QED) is 0.380. The predicted octanol–water partition coefficient (Wildman–Crippen LogP) is 4.80. The van der Waals surface area contributed by atoms with Crippen LogP contribution in [0.15, 0.2) is 48.8 Å². The number of benzene rings is 2. The van der Waals surface area contributed by atoms with Crippen LogP contribution in [0.4, 0.5) is 8.78 Å². The van der Waals surface area contributed by atoms with E-state index in [1.165, 1.54) is 29.9 Å². The summed E-state index contributed by atoms with van der Waals surface area (Å²) in [6.45, 7) is 4.77. The Labute approximate surface area is 205 Å². The smallest absolute Gasteiger partial charge is 0.249 e. The average molecular weight is 501 g/mol. The molecule has 0 aliphatic rings. The summed E-state index contributed by atoms with van der Waals surface area (Å²) in [5, 5.41) is 17.0. The van der Waals surface area contributed by atoms with Gasteiger partial charge >= 0.3 is 0 Å². The molecule has 0 radical (unpaired) electrons. The standard InChI is InChI=1S/C25H23ClF2N4O3/c1-13-7-22(32-11-17(28)10-29-32)18-5-4-6-23(24(18)30-13)35-12-20-19(8-16(27)9-21(20)26)14(2)31-25(34)15(3)33/h4-11,14-15,33H,12H2,1-3H3,(H,31,34)/t14-,15-/m0/s1. The zero-order valence-electron chi connectivity index (χ0n) is 19.2. The molecule has 0 aliphatic carbocycles. The Kier molecular flexibility index (Phi) is 7.00. The lowest BCUT2D eigenvalue weighted by atomic mass is 10.0. The normalized spacial score (nSPS) is 13.0. The van der Waals surface area contributed by atoms with E-state index in [4.69, 9.17) is 16.3 Å². The average Bonchev–Trinajstić information content (AvgIpc) is 3.23. The van der Waals surface area contributed by atoms with E-state index in [2.05, 4.69) is 15.4 Å². The maximum Gasteiger partial charge on any atom is 0.249 e. The van der Waals surface area contributed by atoms with Gasteiger partial charge in [-0.15, -0.1) is 0 Å². The van der Waals surface area contributed by atoms with Crippen molar-refractivity contribution in [2.24, 2.45) is 0 Å². The molecule has 10 heteroatoms. The zero-order chi connectivity index (χ0) is 25.3. The van der Waals surface area contributed by atoms with Crippen molar-refractivity contribution in [3.63, 3.8) is 0 Å². The van der Waals surface area contributed by atoms with Crippen molar-refractivity contribution >= 4 is 28.4 Å². The van der Waals surface area contributed by atoms with Gasteiger partial charge in [0.1, 0.15) is 29.8 Å². The largest absolute Gasteiger partial charge is 0.487 e. The first-order chi connectivity index (χ1) is 16.6. The van der Waals surface area contributed by atoms with Crippen LogP contribution in [0.5, 0.6) is 5.75 Å². The third-order valence-electron chi connectivity index (χ3n) is 5.48. The molecule has 0 unspecified atom stereocenters. The number of aliphatic hydroxyl groups excluding tert-OH is 1. The Morgan fingerprint density at radius 3 is 2.69 bits per heavy atom. The summed E-state index contributed by atoms with van der Waals surface area (Å²) in [6.07, 6.45) is 1.18. The van der Waals surface area contributed by atoms with E-state index in [9.17, 15) is 18.7 Å². The molecule has 2 heterocycles. The monoisotopic (exact) mass is 500 g/mol. The van der Waals surface area contributed by atoms with Crippen LogP contribution < -0.4 is 10.1 Å². The summed E-state index contributed by atoms with van der Waals surface area (Å²) < 4.78 is 35.3. The van der Waals surface area contributed by atoms with E-state index in [0.29, 0.717) is 39.2 Å². The number of fused-ring (bicyclic) bond motifs is 1. The highest BCUT2D eigenvalue weighted by Crippen LogP contribution is 2.32. The van der Waals surface area contributed by atoms with Gasteiger partial charge in [0, 0.05) is 16.6 Å². The SMILES string of the molecule is Cc1cc(-n2cc(F)cn2)c2cccc(OCc3c(Cl)cc(F)cc3[C@H](C)NC(=O)[C@H](C)O)c2n1. The van der Waals surface area contributed by atoms with Crippen LogP contribution in [0, 0.1) is 18.6 Å². The minimum atomic E-state index is -1.22. The number of halogens is 3. The van der Waals surface area contributed by atoms with Crippen molar-refractivity contribution in [2.75, 3.05) is 0 Å². The van der Waals surface area contributed by atoms with Gasteiger partial charge in [0.2, 0.25) is 5.91 Å². The van der Waals surface area contributed by atoms with Crippen LogP contribution in [0.25, 0.3) is 16.6 Å². The number of para-hydroxylation sites is 1. The summed E-state index contributed by atoms with van der Waals surface area (Å²) in [6, 6.07) is 8.93. The Bertz CT molecular complexity index is 1410. The molecule has 35 heavy (non-hydrogen) atoms. The van der Waals surface area contributed by atoms with Gasteiger partial charge < -0.3 is 15.2 Å². The van der Waals surface area contributed by atoms with Gasteiger partial charge in [0.15, 0.2) is 5.82 Å². The minimum absolute atomic E-state index is 0.0379. The molecule has 1 amide bonds. The molecule has 7 nitrogen and oxygen atoms in total. The van der Waals surface area contributed by atoms with Gasteiger partial charge in [0.25, 0.3) is 0 Å². The molecule has 0 bridgehead atoms. The van der Waals surface area contributed by atoms with E-state index in [1.54, 1.807) is 32.0 Å². The summed E-state index contributed by atoms with van der Waals surface area (Å²) in [4.78, 5) is 16.6. The number of aryl methyl sites for hydroxylation is 1. The van der Waals surface area contributed by atoms with Crippen LogP contribution in [-0.2, 0) is 11.4 Å². The Morgan fingerprint density at radius 1 is 1.23 bits per heavy atom. The fourth-order valence-corrected chi connectivity index (χ4v) is 4.06. The van der Waals surface area contributed by atoms with Crippen molar-refractivity contribution in [2.45, 2.75) is 39.5 Å². The maximum atomic E-state index is 14.2. The number of carbonyl (C=O) groups excluding carboxylic acids is 1. The first kappa shape index (κ1) is 24.6. The number of aliphatic hydroxyl groups is 1. The number of hydrogen-bond acceptors (Lipinski definition) is 5. The van der Waals surface area contributed by atoms with Crippen LogP contribution in [0.2, 0.25) is 5.02 Å². The van der Waals surface area contributed by atoms with E-state index >= 15 is 0 Å². The molecule has 4 rings (SSSR count). The second-order valence-electron chi connectivity index (χ2n) is 8.19. The fourth-order valence-electron chi connectivity index (χ4n) is 3.79. The van der Waals surface area contributed by atoms with Crippen molar-refractivity contribution < 1.29 is 23.4 Å². The van der Waals surface area contributed by atoms with E-state index in [0.717, 1.165) is 6.20 Å². The topological polar surface area (TPSA) is 89.3 Å². The Morgan fingerprint density at radius 2 is 2.00 bits per heavy atom. The summed E-state index contributed by atoms with van der Waals surface area (Å²) >= 11 is 6.35. The maximum absolute atomic E-state index is 14.2. The third kappa shape index (κ3) is 5.26. The van der Waals surface area contributed by atoms with Gasteiger partial charge in [-0.2, -0.15) is 5.10 Å². The van der Waals surface area contributed by atoms with Crippen LogP contribution in [-0.4, -0.2) is 31.9 Å². The highest BCUT2D eigenvalue weighted by Gasteiger charge is 2.20. The number of nitrogens with one attached hydrogen (secondary N) is 1. The van der Waals surface area contributed by atoms with E-state index in [1.807, 2.05) is 6.07 Å². The number of rotatable bonds is 7. The fraction of sp³-hybridized carbons (Fsp3) is 0.240. The predicted molar refractivity (Wildman–Crippen MR) is 128 cm³/mol. The molecule has 2 N–H and O–H groups in total. The number of nitrogens with zero attached hydrogens (tertiary/aromatic N) is 3. The lowest BCUT2D eigenvalue weighted by Crippen LogP contribution is -2.34. The summed E-state index contributed by atoms with van der Waals surface area (Å²) in [7, 11) is 0. The molecule has 0 saturated carbocycles. The Balaban J connectivity index is 1.70. The van der Waals surface area contributed by atoms with Crippen molar-refractivity contribution in [1.82, 2.24) is 20.1 Å². The van der Waals surface area contributed by atoms with Crippen molar-refractivity contribution in [3.8, 4) is 11.4 Å². The van der Waals surface area contributed by atoms with Crippen molar-refractivity contribution in [1.29, 1.82) is 0 Å². The second kappa shape index (κ2) is 9.97. The van der Waals surface area contributed by atoms with Gasteiger partial charge in [-0.25, -0.2) is 18.4 Å². The van der Waals surface area contributed by atoms with Crippen LogP contribution in [0.1, 0.15) is 36.7 Å². The van der Waals surface area contributed by atoms with E-state index < -0.39 is 29.7 Å². The minimum Gasteiger partial charge on any atom is -0.487 e. The molecule has 2 aromatic carbocycles. The van der Waals surface area contributed by atoms with Gasteiger partial charge in [0.05, 0.1) is 29.1 Å². The van der Waals surface area contributed by atoms with Crippen molar-refractivity contribution in [3.05, 3.63) is 82.3 Å². The number of hydrogen-bond donors (Lipinski definition) is 2. The number of aromatic nitrogens is 3. The molecule has 4 aromatic rings. The summed E-state index contributed by atoms with van der Waals surface area (Å²) in [5.74, 6) is -1.19. The third-order valence-corrected chi connectivity index (χ3v) is 5.82. The summed E-state index contributed by atoms with van der Waals surface area (Å²) in [5.41, 5.74) is 2.74. The van der Waals surface area contributed by atoms with Gasteiger partial charge in [-0.3, -0.25) is 4.79 Å². The molecular formula is C25H23ClF2N4O3. The van der Waals surface area contributed by atoms with Gasteiger partial charge in [-0.1, -0.05) is 23.7 Å². The van der Waals surface area contributed by atoms with Crippen LogP contribution in [0.3, 0.4) is 0 Å². The zero-order valence-corrected chi connectivity index (χ0v) is 20.0. The van der Waals surface area contributed by atoms with Crippen LogP contribution >= 0.6 is 11.6 Å². The molecule has 182 valence electrons. The molecular weight excluding hydrogens is 478 g/mol. The number of amides is 1. The molecule has 0 fully saturated rings. The van der Waals surface area contributed by atoms with E-state index in [-0.39, 0.29) is 11.6 Å². The highest BCUT2D eigenvalue weighted by atomic mass is 35.5. The first-order valence-electron chi connectivity index (χ1n) is 10.8. The lowest BCUT2D eigenvalue weighted by molar-refractivity contribution is -0.129.